The summed E-state index contributed by atoms with van der Waals surface area (Å²) < 4.78 is 7.62. The number of hydrogen-bond donors (Lipinski definition) is 2. The number of fused-ring (bicyclic) bond motifs is 1. The molecule has 2 aromatic heterocycles. The van der Waals surface area contributed by atoms with Gasteiger partial charge in [-0.2, -0.15) is 10.1 Å². The first-order valence-corrected chi connectivity index (χ1v) is 13.8. The first-order valence-electron chi connectivity index (χ1n) is 13.8. The summed E-state index contributed by atoms with van der Waals surface area (Å²) >= 11 is 0. The van der Waals surface area contributed by atoms with Gasteiger partial charge in [0.2, 0.25) is 5.95 Å². The molecule has 12 heteroatoms. The number of imide groups is 1. The number of ether oxygens (including phenoxy) is 1. The van der Waals surface area contributed by atoms with Crippen molar-refractivity contribution in [2.24, 2.45) is 5.41 Å². The summed E-state index contributed by atoms with van der Waals surface area (Å²) in [4.78, 5) is 38.2. The predicted molar refractivity (Wildman–Crippen MR) is 152 cm³/mol. The number of carbonyl (C=O) groups is 2. The molecule has 1 aromatic carbocycles. The first-order chi connectivity index (χ1) is 19.4. The van der Waals surface area contributed by atoms with Crippen LogP contribution in [-0.4, -0.2) is 94.3 Å². The van der Waals surface area contributed by atoms with Crippen LogP contribution in [0.15, 0.2) is 36.5 Å². The van der Waals surface area contributed by atoms with Gasteiger partial charge in [0.25, 0.3) is 11.8 Å². The van der Waals surface area contributed by atoms with Crippen LogP contribution >= 0.6 is 0 Å². The topological polar surface area (TPSA) is 135 Å². The summed E-state index contributed by atoms with van der Waals surface area (Å²) in [7, 11) is 1.69. The van der Waals surface area contributed by atoms with E-state index < -0.39 is 0 Å². The normalized spacial score (nSPS) is 18.1. The Bertz CT molecular complexity index is 1450. The van der Waals surface area contributed by atoms with Crippen molar-refractivity contribution in [2.45, 2.75) is 26.3 Å². The van der Waals surface area contributed by atoms with E-state index in [1.165, 1.54) is 17.1 Å². The summed E-state index contributed by atoms with van der Waals surface area (Å²) in [5.74, 6) is 1.28. The van der Waals surface area contributed by atoms with Gasteiger partial charge in [0.15, 0.2) is 11.3 Å². The molecule has 0 radical (unpaired) electrons. The van der Waals surface area contributed by atoms with Crippen LogP contribution < -0.4 is 20.7 Å². The lowest BCUT2D eigenvalue weighted by atomic mass is 9.72. The Morgan fingerprint density at radius 1 is 1.07 bits per heavy atom. The molecule has 3 aromatic rings. The van der Waals surface area contributed by atoms with Gasteiger partial charge in [0.05, 0.1) is 19.9 Å². The number of nitrogen functional groups attached to an aromatic ring is 1. The third kappa shape index (κ3) is 4.94. The number of aromatic nitrogens is 4. The van der Waals surface area contributed by atoms with Crippen LogP contribution in [0.2, 0.25) is 0 Å². The van der Waals surface area contributed by atoms with Crippen molar-refractivity contribution in [3.63, 3.8) is 0 Å². The molecule has 6 rings (SSSR count). The molecular weight excluding hydrogens is 510 g/mol. The maximum Gasteiger partial charge on any atom is 0.253 e. The number of nitrogens with zero attached hydrogens (tertiary/aromatic N) is 7. The van der Waals surface area contributed by atoms with E-state index in [4.69, 9.17) is 15.6 Å². The number of rotatable bonds is 11. The Kier molecular flexibility index (Phi) is 6.78. The molecule has 0 aliphatic carbocycles. The zero-order valence-corrected chi connectivity index (χ0v) is 23.0. The largest absolute Gasteiger partial charge is 0.496 e. The van der Waals surface area contributed by atoms with E-state index in [1.54, 1.807) is 7.11 Å². The molecule has 1 spiro atoms. The summed E-state index contributed by atoms with van der Waals surface area (Å²) in [6.45, 7) is 8.58. The fourth-order valence-electron chi connectivity index (χ4n) is 5.90. The van der Waals surface area contributed by atoms with Crippen molar-refractivity contribution < 1.29 is 14.3 Å². The van der Waals surface area contributed by atoms with Crippen molar-refractivity contribution >= 4 is 40.3 Å². The average Bonchev–Trinajstić information content (AvgIpc) is 3.44. The minimum absolute atomic E-state index is 0.212. The lowest BCUT2D eigenvalue weighted by Crippen LogP contribution is -2.72. The maximum atomic E-state index is 11.8. The van der Waals surface area contributed by atoms with Crippen molar-refractivity contribution in [1.82, 2.24) is 29.5 Å². The fourth-order valence-corrected chi connectivity index (χ4v) is 5.90. The quantitative estimate of drug-likeness (QED) is 0.271. The number of hydrogen-bond acceptors (Lipinski definition) is 10. The SMILES string of the molecule is CCCCNc1nc(N)nc2cn(Cc3ccc(N4CC5(CN(CCN6C(=O)C=CC6=O)C5)C4)cc3OC)nc12. The zero-order valence-electron chi connectivity index (χ0n) is 23.0. The number of benzene rings is 1. The standard InChI is InChI=1S/C28H35N9O3/c1-3-4-9-30-26-25-21(31-27(29)32-26)14-36(33-25)13-19-5-6-20(12-22(19)40-2)35-17-28(18-35)15-34(16-28)10-11-37-23(38)7-8-24(37)39/h5-8,12,14H,3-4,9-11,13,15-18H2,1-2H3,(H3,29,30,31,32). The Labute approximate surface area is 232 Å². The number of carbonyl (C=O) groups excluding carboxylic acids is 2. The summed E-state index contributed by atoms with van der Waals surface area (Å²) in [6.07, 6.45) is 6.69. The third-order valence-electron chi connectivity index (χ3n) is 7.93. The molecule has 210 valence electrons. The van der Waals surface area contributed by atoms with Crippen LogP contribution in [0.5, 0.6) is 5.75 Å². The number of nitrogens with one attached hydrogen (secondary N) is 1. The molecule has 3 N–H and O–H groups in total. The number of unbranched alkanes of at least 4 members (excludes halogenated alkanes) is 1. The van der Waals surface area contributed by atoms with E-state index in [0.29, 0.717) is 29.9 Å². The zero-order chi connectivity index (χ0) is 27.9. The minimum atomic E-state index is -0.212. The van der Waals surface area contributed by atoms with Gasteiger partial charge >= 0.3 is 0 Å². The highest BCUT2D eigenvalue weighted by molar-refractivity contribution is 6.12. The van der Waals surface area contributed by atoms with E-state index in [2.05, 4.69) is 50.2 Å². The van der Waals surface area contributed by atoms with E-state index in [-0.39, 0.29) is 23.2 Å². The van der Waals surface area contributed by atoms with Crippen LogP contribution in [0.1, 0.15) is 25.3 Å². The van der Waals surface area contributed by atoms with Crippen LogP contribution in [-0.2, 0) is 16.1 Å². The highest BCUT2D eigenvalue weighted by atomic mass is 16.5. The van der Waals surface area contributed by atoms with Crippen molar-refractivity contribution in [3.8, 4) is 5.75 Å². The monoisotopic (exact) mass is 545 g/mol. The lowest BCUT2D eigenvalue weighted by Gasteiger charge is -2.61. The summed E-state index contributed by atoms with van der Waals surface area (Å²) in [5, 5.41) is 8.07. The Morgan fingerprint density at radius 3 is 2.58 bits per heavy atom. The fraction of sp³-hybridized carbons (Fsp3) is 0.464. The van der Waals surface area contributed by atoms with Gasteiger partial charge in [0, 0.05) is 80.7 Å². The van der Waals surface area contributed by atoms with Gasteiger partial charge < -0.3 is 25.6 Å². The second-order valence-electron chi connectivity index (χ2n) is 11.0. The van der Waals surface area contributed by atoms with E-state index in [1.807, 2.05) is 10.9 Å². The molecule has 0 saturated carbocycles. The second kappa shape index (κ2) is 10.4. The Hall–Kier alpha value is -4.19. The molecule has 3 aliphatic rings. The van der Waals surface area contributed by atoms with E-state index >= 15 is 0 Å². The van der Waals surface area contributed by atoms with Gasteiger partial charge in [-0.1, -0.05) is 19.4 Å². The minimum Gasteiger partial charge on any atom is -0.496 e. The van der Waals surface area contributed by atoms with Crippen molar-refractivity contribution in [1.29, 1.82) is 0 Å². The third-order valence-corrected chi connectivity index (χ3v) is 7.93. The van der Waals surface area contributed by atoms with E-state index in [0.717, 1.165) is 69.1 Å². The molecule has 3 aliphatic heterocycles. The van der Waals surface area contributed by atoms with Gasteiger partial charge in [-0.15, -0.1) is 0 Å². The highest BCUT2D eigenvalue weighted by Crippen LogP contribution is 2.42. The lowest BCUT2D eigenvalue weighted by molar-refractivity contribution is -0.137. The van der Waals surface area contributed by atoms with Gasteiger partial charge in [-0.25, -0.2) is 4.98 Å². The van der Waals surface area contributed by atoms with Crippen LogP contribution in [0.3, 0.4) is 0 Å². The number of methoxy groups -OCH3 is 1. The maximum absolute atomic E-state index is 11.8. The van der Waals surface area contributed by atoms with Crippen LogP contribution in [0, 0.1) is 5.41 Å². The molecule has 2 amide bonds. The molecule has 2 fully saturated rings. The Balaban J connectivity index is 1.06. The molecule has 0 bridgehead atoms. The molecule has 40 heavy (non-hydrogen) atoms. The smallest absolute Gasteiger partial charge is 0.253 e. The van der Waals surface area contributed by atoms with Gasteiger partial charge in [-0.3, -0.25) is 19.2 Å². The number of nitrogens with two attached hydrogens (primary N) is 1. The molecule has 12 nitrogen and oxygen atoms in total. The number of amides is 2. The molecule has 5 heterocycles. The molecule has 0 unspecified atom stereocenters. The second-order valence-corrected chi connectivity index (χ2v) is 11.0. The first kappa shape index (κ1) is 26.1. The van der Waals surface area contributed by atoms with Crippen molar-refractivity contribution in [2.75, 3.05) is 68.9 Å². The van der Waals surface area contributed by atoms with E-state index in [9.17, 15) is 9.59 Å². The predicted octanol–water partition coefficient (Wildman–Crippen LogP) is 1.72. The van der Waals surface area contributed by atoms with Gasteiger partial charge in [0.1, 0.15) is 11.3 Å². The Morgan fingerprint density at radius 2 is 1.85 bits per heavy atom. The van der Waals surface area contributed by atoms with Crippen molar-refractivity contribution in [3.05, 3.63) is 42.1 Å². The molecule has 2 saturated heterocycles. The molecular formula is C28H35N9O3. The average molecular weight is 546 g/mol. The van der Waals surface area contributed by atoms with Crippen LogP contribution in [0.4, 0.5) is 17.5 Å². The summed E-state index contributed by atoms with van der Waals surface area (Å²) in [5.41, 5.74) is 9.78. The van der Waals surface area contributed by atoms with Gasteiger partial charge in [-0.05, 0) is 12.5 Å². The molecule has 0 atom stereocenters. The summed E-state index contributed by atoms with van der Waals surface area (Å²) in [6, 6.07) is 6.32. The van der Waals surface area contributed by atoms with Crippen LogP contribution in [0.25, 0.3) is 11.0 Å². The number of likely N-dealkylation sites (tertiary alicyclic amines) is 1. The highest BCUT2D eigenvalue weighted by Gasteiger charge is 2.51. The number of anilines is 3.